The molecule has 1 aliphatic heterocycles. The SMILES string of the molecule is COc1cc(O)cc(N2C(=N)C(c3nc4ccccc4[nH]3)=C(O)C2(C)C)c1. The van der Waals surface area contributed by atoms with E-state index in [2.05, 4.69) is 9.97 Å². The summed E-state index contributed by atoms with van der Waals surface area (Å²) in [5, 5.41) is 29.7. The zero-order valence-electron chi connectivity index (χ0n) is 15.2. The summed E-state index contributed by atoms with van der Waals surface area (Å²) in [6, 6.07) is 12.3. The lowest BCUT2D eigenvalue weighted by atomic mass is 10.0. The largest absolute Gasteiger partial charge is 0.509 e. The Bertz CT molecular complexity index is 1060. The Labute approximate surface area is 156 Å². The van der Waals surface area contributed by atoms with Gasteiger partial charge in [-0.15, -0.1) is 0 Å². The number of anilines is 1. The number of imidazole rings is 1. The zero-order chi connectivity index (χ0) is 19.3. The van der Waals surface area contributed by atoms with Crippen LogP contribution in [-0.4, -0.2) is 38.7 Å². The smallest absolute Gasteiger partial charge is 0.145 e. The maximum Gasteiger partial charge on any atom is 0.145 e. The number of para-hydroxylation sites is 2. The lowest BCUT2D eigenvalue weighted by Crippen LogP contribution is -2.43. The molecule has 1 aliphatic rings. The van der Waals surface area contributed by atoms with Crippen molar-refractivity contribution in [1.82, 2.24) is 9.97 Å². The van der Waals surface area contributed by atoms with Crippen molar-refractivity contribution in [2.75, 3.05) is 12.0 Å². The van der Waals surface area contributed by atoms with Gasteiger partial charge in [0.15, 0.2) is 0 Å². The highest BCUT2D eigenvalue weighted by molar-refractivity contribution is 6.31. The van der Waals surface area contributed by atoms with E-state index >= 15 is 0 Å². The molecule has 1 aromatic heterocycles. The highest BCUT2D eigenvalue weighted by Crippen LogP contribution is 2.43. The predicted molar refractivity (Wildman–Crippen MR) is 105 cm³/mol. The Hall–Kier alpha value is -3.48. The van der Waals surface area contributed by atoms with Crippen LogP contribution in [0.2, 0.25) is 0 Å². The first-order chi connectivity index (χ1) is 12.8. The summed E-state index contributed by atoms with van der Waals surface area (Å²) in [6.45, 7) is 3.62. The lowest BCUT2D eigenvalue weighted by molar-refractivity contribution is 0.333. The van der Waals surface area contributed by atoms with Crippen molar-refractivity contribution in [3.63, 3.8) is 0 Å². The number of benzene rings is 2. The third kappa shape index (κ3) is 2.51. The number of nitrogens with one attached hydrogen (secondary N) is 2. The summed E-state index contributed by atoms with van der Waals surface area (Å²) >= 11 is 0. The minimum Gasteiger partial charge on any atom is -0.509 e. The minimum atomic E-state index is -0.899. The molecule has 0 saturated carbocycles. The molecule has 0 atom stereocenters. The van der Waals surface area contributed by atoms with Crippen molar-refractivity contribution < 1.29 is 14.9 Å². The number of ether oxygens (including phenoxy) is 1. The van der Waals surface area contributed by atoms with Gasteiger partial charge < -0.3 is 24.8 Å². The van der Waals surface area contributed by atoms with Crippen LogP contribution in [0.25, 0.3) is 16.6 Å². The Kier molecular flexibility index (Phi) is 3.62. The monoisotopic (exact) mass is 364 g/mol. The van der Waals surface area contributed by atoms with E-state index in [1.807, 2.05) is 38.1 Å². The van der Waals surface area contributed by atoms with Crippen LogP contribution < -0.4 is 9.64 Å². The number of nitrogens with zero attached hydrogens (tertiary/aromatic N) is 2. The maximum atomic E-state index is 10.9. The summed E-state index contributed by atoms with van der Waals surface area (Å²) < 4.78 is 5.23. The van der Waals surface area contributed by atoms with Gasteiger partial charge in [-0.25, -0.2) is 4.98 Å². The van der Waals surface area contributed by atoms with Crippen molar-refractivity contribution >= 4 is 28.1 Å². The highest BCUT2D eigenvalue weighted by atomic mass is 16.5. The fraction of sp³-hybridized carbons (Fsp3) is 0.200. The molecule has 7 heteroatoms. The van der Waals surface area contributed by atoms with Crippen molar-refractivity contribution in [2.24, 2.45) is 0 Å². The molecule has 2 heterocycles. The molecule has 0 radical (unpaired) electrons. The van der Waals surface area contributed by atoms with E-state index in [1.165, 1.54) is 19.2 Å². The number of phenols is 1. The molecule has 0 bridgehead atoms. The Morgan fingerprint density at radius 1 is 1.15 bits per heavy atom. The van der Waals surface area contributed by atoms with Gasteiger partial charge in [0.1, 0.15) is 28.9 Å². The maximum absolute atomic E-state index is 10.9. The minimum absolute atomic E-state index is 0.0182. The Morgan fingerprint density at radius 2 is 1.89 bits per heavy atom. The normalized spacial score (nSPS) is 16.4. The second-order valence-electron chi connectivity index (χ2n) is 6.96. The number of rotatable bonds is 3. The molecule has 4 N–H and O–H groups in total. The number of phenolic OH excluding ortho intramolecular Hbond substituents is 1. The Morgan fingerprint density at radius 3 is 2.59 bits per heavy atom. The molecule has 138 valence electrons. The number of methoxy groups -OCH3 is 1. The standard InChI is InChI=1S/C20H20N4O3/c1-20(2)17(26)16(19-22-14-6-4-5-7-15(14)23-19)18(21)24(20)11-8-12(25)10-13(9-11)27-3/h4-10,21,25-26H,1-3H3,(H,22,23). The van der Waals surface area contributed by atoms with Gasteiger partial charge >= 0.3 is 0 Å². The van der Waals surface area contributed by atoms with Crippen molar-refractivity contribution in [2.45, 2.75) is 19.4 Å². The van der Waals surface area contributed by atoms with Gasteiger partial charge in [-0.05, 0) is 26.0 Å². The van der Waals surface area contributed by atoms with Crippen molar-refractivity contribution in [3.8, 4) is 11.5 Å². The molecule has 4 rings (SSSR count). The number of aromatic amines is 1. The molecule has 27 heavy (non-hydrogen) atoms. The summed E-state index contributed by atoms with van der Waals surface area (Å²) in [7, 11) is 1.51. The van der Waals surface area contributed by atoms with Crippen LogP contribution in [0.5, 0.6) is 11.5 Å². The lowest BCUT2D eigenvalue weighted by Gasteiger charge is -2.33. The first-order valence-electron chi connectivity index (χ1n) is 8.49. The first kappa shape index (κ1) is 17.0. The van der Waals surface area contributed by atoms with Crippen LogP contribution in [0.3, 0.4) is 0 Å². The molecule has 0 amide bonds. The third-order valence-electron chi connectivity index (χ3n) is 4.83. The number of aromatic nitrogens is 2. The van der Waals surface area contributed by atoms with Crippen LogP contribution >= 0.6 is 0 Å². The summed E-state index contributed by atoms with van der Waals surface area (Å²) in [5.41, 5.74) is 1.56. The molecule has 3 aromatic rings. The quantitative estimate of drug-likeness (QED) is 0.565. The van der Waals surface area contributed by atoms with Gasteiger partial charge in [-0.3, -0.25) is 5.41 Å². The number of fused-ring (bicyclic) bond motifs is 1. The number of aliphatic hydroxyl groups excluding tert-OH is 1. The van der Waals surface area contributed by atoms with Crippen molar-refractivity contribution in [3.05, 3.63) is 54.0 Å². The second kappa shape index (κ2) is 5.77. The molecule has 0 saturated heterocycles. The number of hydrogen-bond acceptors (Lipinski definition) is 5. The summed E-state index contributed by atoms with van der Waals surface area (Å²) in [6.07, 6.45) is 0. The van der Waals surface area contributed by atoms with Crippen molar-refractivity contribution in [1.29, 1.82) is 5.41 Å². The molecule has 0 aliphatic carbocycles. The summed E-state index contributed by atoms with van der Waals surface area (Å²) in [4.78, 5) is 9.34. The van der Waals surface area contributed by atoms with Gasteiger partial charge in [-0.2, -0.15) is 0 Å². The topological polar surface area (TPSA) is 105 Å². The predicted octanol–water partition coefficient (Wildman–Crippen LogP) is 3.82. The van der Waals surface area contributed by atoms with E-state index in [-0.39, 0.29) is 17.3 Å². The van der Waals surface area contributed by atoms with Crippen LogP contribution in [0, 0.1) is 5.41 Å². The van der Waals surface area contributed by atoms with E-state index < -0.39 is 5.54 Å². The van der Waals surface area contributed by atoms with E-state index in [0.29, 0.717) is 22.8 Å². The molecule has 0 unspecified atom stereocenters. The molecule has 0 fully saturated rings. The van der Waals surface area contributed by atoms with Gasteiger partial charge in [0.25, 0.3) is 0 Å². The molecule has 0 spiro atoms. The van der Waals surface area contributed by atoms with E-state index in [4.69, 9.17) is 10.1 Å². The number of amidine groups is 1. The molecule has 7 nitrogen and oxygen atoms in total. The first-order valence-corrected chi connectivity index (χ1v) is 8.49. The van der Waals surface area contributed by atoms with E-state index in [9.17, 15) is 10.2 Å². The number of aliphatic hydroxyl groups is 1. The van der Waals surface area contributed by atoms with Gasteiger partial charge in [-0.1, -0.05) is 12.1 Å². The molecular formula is C20H20N4O3. The fourth-order valence-electron chi connectivity index (χ4n) is 3.48. The van der Waals surface area contributed by atoms with Crippen LogP contribution in [0.1, 0.15) is 19.7 Å². The van der Waals surface area contributed by atoms with Gasteiger partial charge in [0.05, 0.1) is 34.9 Å². The van der Waals surface area contributed by atoms with E-state index in [0.717, 1.165) is 11.0 Å². The average molecular weight is 364 g/mol. The van der Waals surface area contributed by atoms with E-state index in [1.54, 1.807) is 11.0 Å². The number of hydrogen-bond donors (Lipinski definition) is 4. The second-order valence-corrected chi connectivity index (χ2v) is 6.96. The average Bonchev–Trinajstić information content (AvgIpc) is 3.11. The number of H-pyrrole nitrogens is 1. The Balaban J connectivity index is 1.85. The van der Waals surface area contributed by atoms with Crippen LogP contribution in [-0.2, 0) is 0 Å². The van der Waals surface area contributed by atoms with Gasteiger partial charge in [0, 0.05) is 18.2 Å². The summed E-state index contributed by atoms with van der Waals surface area (Å²) in [5.74, 6) is 1.04. The fourth-order valence-corrected chi connectivity index (χ4v) is 3.48. The third-order valence-corrected chi connectivity index (χ3v) is 4.83. The van der Waals surface area contributed by atoms with Gasteiger partial charge in [0.2, 0.25) is 0 Å². The zero-order valence-corrected chi connectivity index (χ0v) is 15.2. The van der Waals surface area contributed by atoms with Crippen LogP contribution in [0.4, 0.5) is 5.69 Å². The van der Waals surface area contributed by atoms with Crippen LogP contribution in [0.15, 0.2) is 48.2 Å². The molecular weight excluding hydrogens is 344 g/mol. The molecule has 2 aromatic carbocycles. The highest BCUT2D eigenvalue weighted by Gasteiger charge is 2.46. The number of aromatic hydroxyl groups is 1.